The van der Waals surface area contributed by atoms with E-state index >= 15 is 0 Å². The second-order valence-electron chi connectivity index (χ2n) is 7.67. The lowest BCUT2D eigenvalue weighted by Crippen LogP contribution is -2.49. The Bertz CT molecular complexity index is 1280. The van der Waals surface area contributed by atoms with Crippen molar-refractivity contribution in [2.75, 3.05) is 18.4 Å². The van der Waals surface area contributed by atoms with E-state index in [1.54, 1.807) is 10.9 Å². The average Bonchev–Trinajstić information content (AvgIpc) is 3.21. The Labute approximate surface area is 182 Å². The Morgan fingerprint density at radius 2 is 2.10 bits per heavy atom. The summed E-state index contributed by atoms with van der Waals surface area (Å²) in [4.78, 5) is 10.5. The zero-order valence-corrected chi connectivity index (χ0v) is 17.7. The van der Waals surface area contributed by atoms with Gasteiger partial charge in [-0.2, -0.15) is 15.2 Å². The highest BCUT2D eigenvalue weighted by Gasteiger charge is 2.25. The molecule has 0 radical (unpaired) electrons. The number of likely N-dealkylation sites (tertiary alicyclic amines) is 1. The van der Waals surface area contributed by atoms with Gasteiger partial charge in [0, 0.05) is 49.5 Å². The molecular weight excluding hydrogens is 423 g/mol. The summed E-state index contributed by atoms with van der Waals surface area (Å²) in [7, 11) is 1.82. The number of nitrogens with one attached hydrogen (secondary N) is 1. The summed E-state index contributed by atoms with van der Waals surface area (Å²) in [6, 6.07) is 5.58. The van der Waals surface area contributed by atoms with E-state index in [0.29, 0.717) is 30.5 Å². The number of fused-ring (bicyclic) bond motifs is 1. The number of halogens is 2. The summed E-state index contributed by atoms with van der Waals surface area (Å²) in [5.74, 6) is -0.294. The normalized spacial score (nSPS) is 14.9. The molecule has 0 bridgehead atoms. The Balaban J connectivity index is 1.41. The van der Waals surface area contributed by atoms with E-state index < -0.39 is 5.82 Å². The summed E-state index contributed by atoms with van der Waals surface area (Å²) in [6.07, 6.45) is 2.60. The molecular formula is C20H20ClFN8O. The molecule has 31 heavy (non-hydrogen) atoms. The lowest BCUT2D eigenvalue weighted by atomic mass is 10.1. The molecule has 0 aliphatic carbocycles. The zero-order valence-electron chi connectivity index (χ0n) is 16.9. The van der Waals surface area contributed by atoms with Gasteiger partial charge in [-0.15, -0.1) is 0 Å². The lowest BCUT2D eigenvalue weighted by molar-refractivity contribution is -0.00297. The van der Waals surface area contributed by atoms with Crippen LogP contribution in [0.25, 0.3) is 16.7 Å². The van der Waals surface area contributed by atoms with Crippen molar-refractivity contribution in [3.63, 3.8) is 0 Å². The molecule has 4 aromatic rings. The molecule has 1 fully saturated rings. The Kier molecular flexibility index (Phi) is 4.84. The Hall–Kier alpha value is -3.08. The van der Waals surface area contributed by atoms with Crippen LogP contribution >= 0.6 is 11.6 Å². The molecule has 0 spiro atoms. The molecule has 3 aromatic heterocycles. The molecule has 1 aromatic carbocycles. The van der Waals surface area contributed by atoms with Gasteiger partial charge in [-0.1, -0.05) is 11.6 Å². The van der Waals surface area contributed by atoms with Crippen molar-refractivity contribution in [1.29, 1.82) is 0 Å². The number of aliphatic hydroxyl groups is 1. The first-order valence-electron chi connectivity index (χ1n) is 9.75. The van der Waals surface area contributed by atoms with Crippen molar-refractivity contribution < 1.29 is 9.50 Å². The molecule has 2 N–H and O–H groups in total. The van der Waals surface area contributed by atoms with E-state index in [9.17, 15) is 9.50 Å². The number of aryl methyl sites for hydroxylation is 2. The van der Waals surface area contributed by atoms with Gasteiger partial charge in [0.25, 0.3) is 0 Å². The molecule has 1 aliphatic heterocycles. The van der Waals surface area contributed by atoms with Crippen LogP contribution in [0.3, 0.4) is 0 Å². The van der Waals surface area contributed by atoms with Crippen LogP contribution in [0.5, 0.6) is 0 Å². The molecule has 4 heterocycles. The van der Waals surface area contributed by atoms with E-state index in [0.717, 1.165) is 28.4 Å². The third-order valence-electron chi connectivity index (χ3n) is 5.34. The maximum Gasteiger partial charge on any atom is 0.229 e. The third kappa shape index (κ3) is 3.73. The largest absolute Gasteiger partial charge is 0.390 e. The van der Waals surface area contributed by atoms with Gasteiger partial charge in [-0.3, -0.25) is 9.58 Å². The average molecular weight is 443 g/mol. The van der Waals surface area contributed by atoms with Gasteiger partial charge >= 0.3 is 0 Å². The van der Waals surface area contributed by atoms with Crippen molar-refractivity contribution in [1.82, 2.24) is 34.4 Å². The van der Waals surface area contributed by atoms with Crippen LogP contribution < -0.4 is 5.32 Å². The molecule has 0 unspecified atom stereocenters. The van der Waals surface area contributed by atoms with E-state index in [4.69, 9.17) is 11.6 Å². The zero-order chi connectivity index (χ0) is 21.7. The molecule has 1 saturated heterocycles. The van der Waals surface area contributed by atoms with Gasteiger partial charge < -0.3 is 10.4 Å². The van der Waals surface area contributed by atoms with Crippen LogP contribution in [0.4, 0.5) is 16.0 Å². The minimum absolute atomic E-state index is 0.0518. The first kappa shape index (κ1) is 19.9. The number of hydrogen-bond acceptors (Lipinski definition) is 7. The van der Waals surface area contributed by atoms with Gasteiger partial charge in [-0.05, 0) is 25.1 Å². The van der Waals surface area contributed by atoms with Gasteiger partial charge in [-0.25, -0.2) is 14.1 Å². The maximum atomic E-state index is 14.5. The molecule has 0 saturated carbocycles. The fourth-order valence-electron chi connectivity index (χ4n) is 3.68. The number of benzene rings is 1. The SMILES string of the molecule is Cc1nn(-c2nc(Nc3ccc4c(c3)c(Cl)nn4C)ncc2F)cc1CN1CC(O)C1. The van der Waals surface area contributed by atoms with E-state index in [1.165, 1.54) is 4.68 Å². The summed E-state index contributed by atoms with van der Waals surface area (Å²) in [6.45, 7) is 3.78. The number of nitrogens with zero attached hydrogens (tertiary/aromatic N) is 7. The van der Waals surface area contributed by atoms with E-state index in [2.05, 4.69) is 30.4 Å². The molecule has 9 nitrogen and oxygen atoms in total. The number of rotatable bonds is 5. The first-order chi connectivity index (χ1) is 14.9. The van der Waals surface area contributed by atoms with Crippen LogP contribution in [0.15, 0.2) is 30.6 Å². The third-order valence-corrected chi connectivity index (χ3v) is 5.62. The Morgan fingerprint density at radius 3 is 2.87 bits per heavy atom. The minimum Gasteiger partial charge on any atom is -0.390 e. The summed E-state index contributed by atoms with van der Waals surface area (Å²) in [5, 5.41) is 22.3. The fourth-order valence-corrected chi connectivity index (χ4v) is 3.95. The second kappa shape index (κ2) is 7.56. The molecule has 1 aliphatic rings. The predicted octanol–water partition coefficient (Wildman–Crippen LogP) is 2.57. The van der Waals surface area contributed by atoms with Gasteiger partial charge in [0.15, 0.2) is 16.8 Å². The monoisotopic (exact) mass is 442 g/mol. The number of aromatic nitrogens is 6. The summed E-state index contributed by atoms with van der Waals surface area (Å²) >= 11 is 6.19. The quantitative estimate of drug-likeness (QED) is 0.490. The van der Waals surface area contributed by atoms with Crippen LogP contribution in [0.2, 0.25) is 5.15 Å². The number of aliphatic hydroxyl groups excluding tert-OH is 1. The summed E-state index contributed by atoms with van der Waals surface area (Å²) < 4.78 is 17.6. The fraction of sp³-hybridized carbons (Fsp3) is 0.300. The number of β-amino-alcohol motifs (C(OH)–C–C–N with tert-alkyl or cyclic N) is 1. The maximum absolute atomic E-state index is 14.5. The highest BCUT2D eigenvalue weighted by Crippen LogP contribution is 2.27. The molecule has 11 heteroatoms. The topological polar surface area (TPSA) is 96.9 Å². The predicted molar refractivity (Wildman–Crippen MR) is 114 cm³/mol. The highest BCUT2D eigenvalue weighted by molar-refractivity contribution is 6.34. The molecule has 160 valence electrons. The number of anilines is 2. The van der Waals surface area contributed by atoms with E-state index in [1.807, 2.05) is 32.2 Å². The minimum atomic E-state index is -0.579. The van der Waals surface area contributed by atoms with Crippen molar-refractivity contribution in [3.8, 4) is 5.82 Å². The van der Waals surface area contributed by atoms with Gasteiger partial charge in [0.1, 0.15) is 0 Å². The summed E-state index contributed by atoms with van der Waals surface area (Å²) in [5.41, 5.74) is 3.33. The molecule has 5 rings (SSSR count). The van der Waals surface area contributed by atoms with Crippen LogP contribution in [-0.2, 0) is 13.6 Å². The van der Waals surface area contributed by atoms with Crippen LogP contribution in [0, 0.1) is 12.7 Å². The lowest BCUT2D eigenvalue weighted by Gasteiger charge is -2.35. The van der Waals surface area contributed by atoms with Crippen molar-refractivity contribution in [3.05, 3.63) is 52.8 Å². The highest BCUT2D eigenvalue weighted by atomic mass is 35.5. The Morgan fingerprint density at radius 1 is 1.29 bits per heavy atom. The van der Waals surface area contributed by atoms with Crippen molar-refractivity contribution in [2.45, 2.75) is 19.6 Å². The molecule has 0 amide bonds. The standard InChI is InChI=1S/C20H20ClFN8O/c1-11-12(7-29-9-14(31)10-29)8-30(26-11)19-16(22)6-23-20(25-19)24-13-3-4-17-15(5-13)18(21)27-28(17)2/h3-6,8,14,31H,7,9-10H2,1-2H3,(H,23,24,25). The second-order valence-corrected chi connectivity index (χ2v) is 8.03. The van der Waals surface area contributed by atoms with Gasteiger partial charge in [0.05, 0.1) is 23.5 Å². The first-order valence-corrected chi connectivity index (χ1v) is 10.1. The molecule has 0 atom stereocenters. The van der Waals surface area contributed by atoms with E-state index in [-0.39, 0.29) is 17.9 Å². The smallest absolute Gasteiger partial charge is 0.229 e. The van der Waals surface area contributed by atoms with Crippen molar-refractivity contribution in [2.24, 2.45) is 7.05 Å². The number of hydrogen-bond donors (Lipinski definition) is 2. The van der Waals surface area contributed by atoms with Crippen molar-refractivity contribution >= 4 is 34.1 Å². The van der Waals surface area contributed by atoms with Gasteiger partial charge in [0.2, 0.25) is 5.95 Å². The van der Waals surface area contributed by atoms with Crippen LogP contribution in [-0.4, -0.2) is 58.7 Å². The van der Waals surface area contributed by atoms with Crippen LogP contribution in [0.1, 0.15) is 11.3 Å².